The van der Waals surface area contributed by atoms with Gasteiger partial charge in [0.1, 0.15) is 11.4 Å². The van der Waals surface area contributed by atoms with Crippen LogP contribution >= 0.6 is 0 Å². The molecule has 0 atom stereocenters. The van der Waals surface area contributed by atoms with Crippen LogP contribution in [-0.2, 0) is 9.53 Å². The van der Waals surface area contributed by atoms with Crippen LogP contribution in [0.25, 0.3) is 10.9 Å². The van der Waals surface area contributed by atoms with Gasteiger partial charge >= 0.3 is 5.97 Å². The third-order valence-electron chi connectivity index (χ3n) is 5.14. The van der Waals surface area contributed by atoms with E-state index >= 15 is 0 Å². The molecule has 26 heavy (non-hydrogen) atoms. The number of ether oxygens (including phenoxy) is 1. The van der Waals surface area contributed by atoms with E-state index in [1.54, 1.807) is 12.1 Å². The molecule has 1 amide bonds. The SMILES string of the molecule is O=C(NC1(C(=O)O)CCOCC1)c1cc(C2CC2)nc2ccc(F)cc12. The lowest BCUT2D eigenvalue weighted by Gasteiger charge is -2.34. The number of amides is 1. The number of pyridine rings is 1. The number of carbonyl (C=O) groups is 2. The number of nitrogens with one attached hydrogen (secondary N) is 1. The Balaban J connectivity index is 1.75. The van der Waals surface area contributed by atoms with Gasteiger partial charge in [-0.05, 0) is 37.1 Å². The van der Waals surface area contributed by atoms with Gasteiger partial charge in [0.25, 0.3) is 5.91 Å². The highest BCUT2D eigenvalue weighted by Crippen LogP contribution is 2.40. The normalized spacial score (nSPS) is 19.3. The molecule has 7 heteroatoms. The smallest absolute Gasteiger partial charge is 0.329 e. The highest BCUT2D eigenvalue weighted by atomic mass is 19.1. The second kappa shape index (κ2) is 6.32. The molecule has 2 N–H and O–H groups in total. The second-order valence-corrected chi connectivity index (χ2v) is 6.98. The Hall–Kier alpha value is -2.54. The van der Waals surface area contributed by atoms with E-state index in [1.807, 2.05) is 0 Å². The number of hydrogen-bond acceptors (Lipinski definition) is 4. The van der Waals surface area contributed by atoms with Crippen LogP contribution in [0.5, 0.6) is 0 Å². The lowest BCUT2D eigenvalue weighted by molar-refractivity contribution is -0.148. The van der Waals surface area contributed by atoms with Gasteiger partial charge in [-0.15, -0.1) is 0 Å². The average molecular weight is 358 g/mol. The standard InChI is InChI=1S/C19H19FN2O4/c20-12-3-4-15-13(9-12)14(10-16(21-15)11-1-2-11)17(23)22-19(18(24)25)5-7-26-8-6-19/h3-4,9-11H,1-2,5-8H2,(H,22,23)(H,24,25). The fraction of sp³-hybridized carbons (Fsp3) is 0.421. The maximum atomic E-state index is 13.7. The molecule has 4 rings (SSSR count). The van der Waals surface area contributed by atoms with E-state index in [1.165, 1.54) is 12.1 Å². The predicted octanol–water partition coefficient (Wildman–Crippen LogP) is 2.61. The number of nitrogens with zero attached hydrogens (tertiary/aromatic N) is 1. The number of benzene rings is 1. The van der Waals surface area contributed by atoms with Crippen LogP contribution in [-0.4, -0.2) is 40.7 Å². The number of fused-ring (bicyclic) bond motifs is 1. The lowest BCUT2D eigenvalue weighted by Crippen LogP contribution is -2.57. The summed E-state index contributed by atoms with van der Waals surface area (Å²) in [5.41, 5.74) is 0.240. The topological polar surface area (TPSA) is 88.5 Å². The minimum atomic E-state index is -1.36. The summed E-state index contributed by atoms with van der Waals surface area (Å²) in [6.07, 6.45) is 2.41. The van der Waals surface area contributed by atoms with E-state index < -0.39 is 23.2 Å². The monoisotopic (exact) mass is 358 g/mol. The summed E-state index contributed by atoms with van der Waals surface area (Å²) in [6, 6.07) is 5.80. The van der Waals surface area contributed by atoms with Crippen molar-refractivity contribution in [2.45, 2.75) is 37.1 Å². The minimum absolute atomic E-state index is 0.195. The molecule has 1 aromatic carbocycles. The van der Waals surface area contributed by atoms with Gasteiger partial charge in [-0.1, -0.05) is 0 Å². The molecule has 2 heterocycles. The van der Waals surface area contributed by atoms with E-state index in [0.717, 1.165) is 18.5 Å². The average Bonchev–Trinajstić information content (AvgIpc) is 3.46. The van der Waals surface area contributed by atoms with E-state index in [9.17, 15) is 19.1 Å². The van der Waals surface area contributed by atoms with Gasteiger partial charge in [0.05, 0.1) is 11.1 Å². The molecule has 1 aliphatic carbocycles. The molecular formula is C19H19FN2O4. The van der Waals surface area contributed by atoms with Crippen LogP contribution in [0.3, 0.4) is 0 Å². The van der Waals surface area contributed by atoms with E-state index in [4.69, 9.17) is 4.74 Å². The Labute approximate surface area is 149 Å². The summed E-state index contributed by atoms with van der Waals surface area (Å²) < 4.78 is 19.0. The summed E-state index contributed by atoms with van der Waals surface area (Å²) >= 11 is 0. The molecule has 1 aromatic heterocycles. The van der Waals surface area contributed by atoms with Crippen LogP contribution in [0.2, 0.25) is 0 Å². The molecule has 0 bridgehead atoms. The van der Waals surface area contributed by atoms with Crippen LogP contribution in [0.15, 0.2) is 24.3 Å². The Morgan fingerprint density at radius 2 is 1.96 bits per heavy atom. The molecule has 2 fully saturated rings. The number of rotatable bonds is 4. The largest absolute Gasteiger partial charge is 0.480 e. The second-order valence-electron chi connectivity index (χ2n) is 6.98. The van der Waals surface area contributed by atoms with Crippen LogP contribution in [0.1, 0.15) is 47.7 Å². The first-order valence-corrected chi connectivity index (χ1v) is 8.72. The van der Waals surface area contributed by atoms with E-state index in [0.29, 0.717) is 16.8 Å². The van der Waals surface area contributed by atoms with Crippen LogP contribution < -0.4 is 5.32 Å². The zero-order valence-electron chi connectivity index (χ0n) is 14.1. The summed E-state index contributed by atoms with van der Waals surface area (Å²) in [6.45, 7) is 0.539. The summed E-state index contributed by atoms with van der Waals surface area (Å²) in [4.78, 5) is 29.3. The summed E-state index contributed by atoms with van der Waals surface area (Å²) in [7, 11) is 0. The Morgan fingerprint density at radius 3 is 2.62 bits per heavy atom. The molecule has 1 saturated carbocycles. The number of carboxylic acids is 1. The summed E-state index contributed by atoms with van der Waals surface area (Å²) in [5.74, 6) is -1.76. The molecule has 2 aliphatic rings. The number of aromatic nitrogens is 1. The quantitative estimate of drug-likeness (QED) is 0.877. The minimum Gasteiger partial charge on any atom is -0.480 e. The first kappa shape index (κ1) is 16.9. The first-order chi connectivity index (χ1) is 12.5. The first-order valence-electron chi connectivity index (χ1n) is 8.72. The van der Waals surface area contributed by atoms with E-state index in [-0.39, 0.29) is 31.6 Å². The van der Waals surface area contributed by atoms with Gasteiger partial charge in [0.15, 0.2) is 0 Å². The van der Waals surface area contributed by atoms with Crippen molar-refractivity contribution in [1.82, 2.24) is 10.3 Å². The van der Waals surface area contributed by atoms with Gasteiger partial charge in [-0.25, -0.2) is 9.18 Å². The number of carboxylic acid groups (broad SMARTS) is 1. The Bertz CT molecular complexity index is 888. The lowest BCUT2D eigenvalue weighted by atomic mass is 9.89. The maximum absolute atomic E-state index is 13.7. The van der Waals surface area contributed by atoms with Crippen LogP contribution in [0, 0.1) is 5.82 Å². The molecule has 2 aromatic rings. The van der Waals surface area contributed by atoms with Crippen LogP contribution in [0.4, 0.5) is 4.39 Å². The van der Waals surface area contributed by atoms with Crippen molar-refractivity contribution in [3.8, 4) is 0 Å². The van der Waals surface area contributed by atoms with Gasteiger partial charge in [-0.2, -0.15) is 0 Å². The highest BCUT2D eigenvalue weighted by molar-refractivity contribution is 6.07. The Kier molecular flexibility index (Phi) is 4.11. The number of carbonyl (C=O) groups excluding carboxylic acids is 1. The molecule has 0 spiro atoms. The molecule has 0 unspecified atom stereocenters. The fourth-order valence-electron chi connectivity index (χ4n) is 3.39. The molecule has 1 saturated heterocycles. The molecule has 136 valence electrons. The van der Waals surface area contributed by atoms with E-state index in [2.05, 4.69) is 10.3 Å². The molecule has 1 aliphatic heterocycles. The zero-order chi connectivity index (χ0) is 18.3. The van der Waals surface area contributed by atoms with Gasteiger partial charge < -0.3 is 15.2 Å². The van der Waals surface area contributed by atoms with Gasteiger partial charge in [0.2, 0.25) is 0 Å². The van der Waals surface area contributed by atoms with Crippen molar-refractivity contribution < 1.29 is 23.8 Å². The maximum Gasteiger partial charge on any atom is 0.329 e. The number of hydrogen-bond donors (Lipinski definition) is 2. The van der Waals surface area contributed by atoms with Crippen molar-refractivity contribution in [2.75, 3.05) is 13.2 Å². The molecule has 0 radical (unpaired) electrons. The third-order valence-corrected chi connectivity index (χ3v) is 5.14. The fourth-order valence-corrected chi connectivity index (χ4v) is 3.39. The van der Waals surface area contributed by atoms with Crippen molar-refractivity contribution in [3.63, 3.8) is 0 Å². The third kappa shape index (κ3) is 3.03. The molecule has 6 nitrogen and oxygen atoms in total. The van der Waals surface area contributed by atoms with Gasteiger partial charge in [-0.3, -0.25) is 9.78 Å². The van der Waals surface area contributed by atoms with Crippen molar-refractivity contribution in [3.05, 3.63) is 41.3 Å². The van der Waals surface area contributed by atoms with Crippen molar-refractivity contribution in [2.24, 2.45) is 0 Å². The molecular weight excluding hydrogens is 339 g/mol. The zero-order valence-corrected chi connectivity index (χ0v) is 14.1. The number of aliphatic carboxylic acids is 1. The highest BCUT2D eigenvalue weighted by Gasteiger charge is 2.42. The summed E-state index contributed by atoms with van der Waals surface area (Å²) in [5, 5.41) is 12.7. The van der Waals surface area contributed by atoms with Crippen molar-refractivity contribution in [1.29, 1.82) is 0 Å². The Morgan fingerprint density at radius 1 is 1.23 bits per heavy atom. The van der Waals surface area contributed by atoms with Crippen molar-refractivity contribution >= 4 is 22.8 Å². The number of halogens is 1. The predicted molar refractivity (Wildman–Crippen MR) is 91.6 cm³/mol. The van der Waals surface area contributed by atoms with Gasteiger partial charge in [0, 0.05) is 43.1 Å².